The first kappa shape index (κ1) is 21.7. The van der Waals surface area contributed by atoms with E-state index < -0.39 is 0 Å². The second kappa shape index (κ2) is 10.2. The van der Waals surface area contributed by atoms with E-state index in [1.165, 1.54) is 5.56 Å². The quantitative estimate of drug-likeness (QED) is 0.500. The monoisotopic (exact) mass is 421 g/mol. The molecule has 0 aliphatic rings. The van der Waals surface area contributed by atoms with Crippen LogP contribution in [-0.2, 0) is 4.79 Å². The van der Waals surface area contributed by atoms with Crippen molar-refractivity contribution in [3.63, 3.8) is 0 Å². The molecule has 0 saturated heterocycles. The Hall–Kier alpha value is -2.96. The summed E-state index contributed by atoms with van der Waals surface area (Å²) in [5, 5.41) is 10.9. The van der Waals surface area contributed by atoms with Crippen molar-refractivity contribution in [3.8, 4) is 0 Å². The summed E-state index contributed by atoms with van der Waals surface area (Å²) < 4.78 is 0. The lowest BCUT2D eigenvalue weighted by molar-refractivity contribution is -0.115. The molecule has 0 aliphatic carbocycles. The van der Waals surface area contributed by atoms with E-state index in [4.69, 9.17) is 0 Å². The number of hydrogen-bond acceptors (Lipinski definition) is 4. The standard InChI is InChI=1S/C24H27N3O2S/c1-16(2)17-6-8-18(9-7-17)23(21-5-4-14-30-21)26-15-22(28)27-20-12-10-19(11-13-20)24(29)25-3/h4-14,16,23,26H,15H2,1-3H3,(H,25,29)(H,27,28)/t23-/m1/s1. The molecule has 5 nitrogen and oxygen atoms in total. The highest BCUT2D eigenvalue weighted by Gasteiger charge is 2.16. The van der Waals surface area contributed by atoms with Crippen molar-refractivity contribution in [1.82, 2.24) is 10.6 Å². The summed E-state index contributed by atoms with van der Waals surface area (Å²) in [4.78, 5) is 25.3. The predicted molar refractivity (Wildman–Crippen MR) is 123 cm³/mol. The van der Waals surface area contributed by atoms with Crippen molar-refractivity contribution in [3.05, 3.63) is 87.6 Å². The van der Waals surface area contributed by atoms with Gasteiger partial charge in [0, 0.05) is 23.2 Å². The Morgan fingerprint density at radius 2 is 1.60 bits per heavy atom. The molecule has 0 aliphatic heterocycles. The maximum absolute atomic E-state index is 12.5. The van der Waals surface area contributed by atoms with Crippen LogP contribution in [0.2, 0.25) is 0 Å². The lowest BCUT2D eigenvalue weighted by Crippen LogP contribution is -2.31. The Morgan fingerprint density at radius 1 is 0.933 bits per heavy atom. The van der Waals surface area contributed by atoms with Crippen molar-refractivity contribution < 1.29 is 9.59 Å². The summed E-state index contributed by atoms with van der Waals surface area (Å²) >= 11 is 1.67. The number of nitrogens with one attached hydrogen (secondary N) is 3. The Morgan fingerprint density at radius 3 is 2.17 bits per heavy atom. The highest BCUT2D eigenvalue weighted by atomic mass is 32.1. The van der Waals surface area contributed by atoms with Crippen LogP contribution in [0.15, 0.2) is 66.0 Å². The Labute approximate surface area is 181 Å². The van der Waals surface area contributed by atoms with Crippen LogP contribution >= 0.6 is 11.3 Å². The molecular formula is C24H27N3O2S. The smallest absolute Gasteiger partial charge is 0.251 e. The summed E-state index contributed by atoms with van der Waals surface area (Å²) in [6, 6.07) is 19.4. The molecule has 0 saturated carbocycles. The van der Waals surface area contributed by atoms with Crippen LogP contribution in [0.1, 0.15) is 52.2 Å². The van der Waals surface area contributed by atoms with Crippen LogP contribution in [0.25, 0.3) is 0 Å². The third-order valence-corrected chi connectivity index (χ3v) is 5.83. The van der Waals surface area contributed by atoms with Crippen molar-refractivity contribution in [2.75, 3.05) is 18.9 Å². The molecule has 0 fully saturated rings. The normalized spacial score (nSPS) is 11.9. The summed E-state index contributed by atoms with van der Waals surface area (Å²) in [6.45, 7) is 4.52. The van der Waals surface area contributed by atoms with E-state index in [0.717, 1.165) is 10.4 Å². The van der Waals surface area contributed by atoms with E-state index in [9.17, 15) is 9.59 Å². The van der Waals surface area contributed by atoms with Gasteiger partial charge >= 0.3 is 0 Å². The molecule has 0 bridgehead atoms. The highest BCUT2D eigenvalue weighted by molar-refractivity contribution is 7.10. The van der Waals surface area contributed by atoms with E-state index in [1.54, 1.807) is 42.6 Å². The van der Waals surface area contributed by atoms with Crippen LogP contribution in [0, 0.1) is 0 Å². The maximum Gasteiger partial charge on any atom is 0.251 e. The van der Waals surface area contributed by atoms with Gasteiger partial charge in [-0.15, -0.1) is 11.3 Å². The average molecular weight is 422 g/mol. The molecule has 0 unspecified atom stereocenters. The van der Waals surface area contributed by atoms with Gasteiger partial charge in [0.1, 0.15) is 0 Å². The molecule has 1 heterocycles. The number of anilines is 1. The predicted octanol–water partition coefficient (Wildman–Crippen LogP) is 4.55. The number of rotatable bonds is 8. The highest BCUT2D eigenvalue weighted by Crippen LogP contribution is 2.27. The van der Waals surface area contributed by atoms with E-state index >= 15 is 0 Å². The van der Waals surface area contributed by atoms with Gasteiger partial charge in [-0.1, -0.05) is 44.2 Å². The summed E-state index contributed by atoms with van der Waals surface area (Å²) in [5.41, 5.74) is 3.63. The fraction of sp³-hybridized carbons (Fsp3) is 0.250. The molecule has 1 aromatic heterocycles. The number of hydrogen-bond donors (Lipinski definition) is 3. The van der Waals surface area contributed by atoms with Gasteiger partial charge in [-0.2, -0.15) is 0 Å². The fourth-order valence-electron chi connectivity index (χ4n) is 3.16. The molecule has 156 valence electrons. The minimum absolute atomic E-state index is 0.0485. The lowest BCUT2D eigenvalue weighted by atomic mass is 9.98. The molecule has 3 rings (SSSR count). The molecule has 3 aromatic rings. The van der Waals surface area contributed by atoms with Crippen LogP contribution in [-0.4, -0.2) is 25.4 Å². The number of carbonyl (C=O) groups is 2. The zero-order valence-corrected chi connectivity index (χ0v) is 18.3. The Kier molecular flexibility index (Phi) is 7.38. The van der Waals surface area contributed by atoms with Crippen LogP contribution in [0.4, 0.5) is 5.69 Å². The zero-order chi connectivity index (χ0) is 21.5. The number of amides is 2. The fourth-order valence-corrected chi connectivity index (χ4v) is 3.99. The Balaban J connectivity index is 1.65. The van der Waals surface area contributed by atoms with E-state index in [1.807, 2.05) is 11.4 Å². The van der Waals surface area contributed by atoms with Gasteiger partial charge in [0.25, 0.3) is 5.91 Å². The molecule has 2 aromatic carbocycles. The van der Waals surface area contributed by atoms with E-state index in [0.29, 0.717) is 17.2 Å². The van der Waals surface area contributed by atoms with Crippen molar-refractivity contribution in [1.29, 1.82) is 0 Å². The van der Waals surface area contributed by atoms with E-state index in [2.05, 4.69) is 60.1 Å². The molecule has 0 spiro atoms. The van der Waals surface area contributed by atoms with Crippen molar-refractivity contribution in [2.24, 2.45) is 0 Å². The SMILES string of the molecule is CNC(=O)c1ccc(NC(=O)CN[C@H](c2ccc(C(C)C)cc2)c2cccs2)cc1. The van der Waals surface area contributed by atoms with Crippen molar-refractivity contribution in [2.45, 2.75) is 25.8 Å². The van der Waals surface area contributed by atoms with Crippen LogP contribution in [0.3, 0.4) is 0 Å². The number of carbonyl (C=O) groups excluding carboxylic acids is 2. The van der Waals surface area contributed by atoms with Gasteiger partial charge in [-0.05, 0) is 52.8 Å². The summed E-state index contributed by atoms with van der Waals surface area (Å²) in [6.07, 6.45) is 0. The van der Waals surface area contributed by atoms with Crippen LogP contribution < -0.4 is 16.0 Å². The van der Waals surface area contributed by atoms with Gasteiger partial charge in [0.2, 0.25) is 5.91 Å². The molecule has 0 radical (unpaired) electrons. The lowest BCUT2D eigenvalue weighted by Gasteiger charge is -2.19. The first-order valence-electron chi connectivity index (χ1n) is 9.96. The largest absolute Gasteiger partial charge is 0.355 e. The first-order chi connectivity index (χ1) is 14.5. The summed E-state index contributed by atoms with van der Waals surface area (Å²) in [5.74, 6) is 0.188. The molecule has 6 heteroatoms. The molecular weight excluding hydrogens is 394 g/mol. The van der Waals surface area contributed by atoms with Crippen LogP contribution in [0.5, 0.6) is 0 Å². The van der Waals surface area contributed by atoms with Gasteiger partial charge in [0.05, 0.1) is 12.6 Å². The van der Waals surface area contributed by atoms with Gasteiger partial charge in [0.15, 0.2) is 0 Å². The second-order valence-electron chi connectivity index (χ2n) is 7.36. The molecule has 2 amide bonds. The zero-order valence-electron chi connectivity index (χ0n) is 17.4. The van der Waals surface area contributed by atoms with Gasteiger partial charge in [-0.25, -0.2) is 0 Å². The van der Waals surface area contributed by atoms with E-state index in [-0.39, 0.29) is 24.4 Å². The van der Waals surface area contributed by atoms with Gasteiger partial charge < -0.3 is 10.6 Å². The Bertz CT molecular complexity index is 965. The summed E-state index contributed by atoms with van der Waals surface area (Å²) in [7, 11) is 1.59. The minimum atomic E-state index is -0.156. The first-order valence-corrected chi connectivity index (χ1v) is 10.8. The minimum Gasteiger partial charge on any atom is -0.355 e. The molecule has 30 heavy (non-hydrogen) atoms. The maximum atomic E-state index is 12.5. The number of thiophene rings is 1. The third-order valence-electron chi connectivity index (χ3n) is 4.89. The third kappa shape index (κ3) is 5.55. The molecule has 3 N–H and O–H groups in total. The van der Waals surface area contributed by atoms with Crippen molar-refractivity contribution >= 4 is 28.8 Å². The average Bonchev–Trinajstić information content (AvgIpc) is 3.29. The van der Waals surface area contributed by atoms with Gasteiger partial charge in [-0.3, -0.25) is 14.9 Å². The topological polar surface area (TPSA) is 70.2 Å². The molecule has 1 atom stereocenters. The second-order valence-corrected chi connectivity index (χ2v) is 8.33. The number of benzene rings is 2.